The summed E-state index contributed by atoms with van der Waals surface area (Å²) >= 11 is 0. The molecular weight excluding hydrogens is 262 g/mol. The fourth-order valence-corrected chi connectivity index (χ4v) is 2.62. The van der Waals surface area contributed by atoms with Crippen LogP contribution in [0, 0.1) is 0 Å². The molecule has 4 nitrogen and oxygen atoms in total. The second-order valence-corrected chi connectivity index (χ2v) is 5.64. The number of hydrogen-bond donors (Lipinski definition) is 2. The third-order valence-corrected chi connectivity index (χ3v) is 3.91. The Morgan fingerprint density at radius 1 is 1.33 bits per heavy atom. The van der Waals surface area contributed by atoms with Gasteiger partial charge < -0.3 is 15.6 Å². The summed E-state index contributed by atoms with van der Waals surface area (Å²) in [5.74, 6) is 0.0244. The van der Waals surface area contributed by atoms with Gasteiger partial charge in [-0.05, 0) is 24.5 Å². The van der Waals surface area contributed by atoms with Crippen molar-refractivity contribution in [3.05, 3.63) is 36.0 Å². The van der Waals surface area contributed by atoms with Crippen LogP contribution in [0.15, 0.2) is 30.5 Å². The van der Waals surface area contributed by atoms with Crippen LogP contribution in [-0.2, 0) is 11.2 Å². The van der Waals surface area contributed by atoms with Gasteiger partial charge in [0.15, 0.2) is 0 Å². The molecule has 0 spiro atoms. The number of unbranched alkanes of at least 4 members (excludes halogenated alkanes) is 2. The van der Waals surface area contributed by atoms with Crippen molar-refractivity contribution in [3.63, 3.8) is 0 Å². The van der Waals surface area contributed by atoms with Crippen molar-refractivity contribution >= 4 is 16.8 Å². The van der Waals surface area contributed by atoms with Crippen LogP contribution in [0.25, 0.3) is 10.9 Å². The highest BCUT2D eigenvalue weighted by Crippen LogP contribution is 2.19. The molecule has 0 aliphatic rings. The molecule has 2 rings (SSSR count). The monoisotopic (exact) mass is 287 g/mol. The second-order valence-electron chi connectivity index (χ2n) is 5.64. The maximum Gasteiger partial charge on any atom is 0.239 e. The molecule has 21 heavy (non-hydrogen) atoms. The van der Waals surface area contributed by atoms with Crippen LogP contribution in [0.4, 0.5) is 0 Å². The number of aromatic amines is 1. The summed E-state index contributed by atoms with van der Waals surface area (Å²) in [6, 6.07) is 7.61. The number of para-hydroxylation sites is 1. The first kappa shape index (κ1) is 15.6. The van der Waals surface area contributed by atoms with E-state index in [1.54, 1.807) is 4.90 Å². The van der Waals surface area contributed by atoms with Gasteiger partial charge in [-0.15, -0.1) is 0 Å². The van der Waals surface area contributed by atoms with Gasteiger partial charge in [0.05, 0.1) is 6.04 Å². The zero-order chi connectivity index (χ0) is 15.2. The smallest absolute Gasteiger partial charge is 0.239 e. The van der Waals surface area contributed by atoms with E-state index in [9.17, 15) is 4.79 Å². The Morgan fingerprint density at radius 2 is 2.10 bits per heavy atom. The Balaban J connectivity index is 1.97. The average molecular weight is 287 g/mol. The fraction of sp³-hybridized carbons (Fsp3) is 0.471. The molecule has 0 saturated heterocycles. The number of hydrogen-bond acceptors (Lipinski definition) is 2. The number of nitrogens with two attached hydrogens (primary N) is 1. The van der Waals surface area contributed by atoms with Crippen molar-refractivity contribution < 1.29 is 4.79 Å². The van der Waals surface area contributed by atoms with Gasteiger partial charge >= 0.3 is 0 Å². The van der Waals surface area contributed by atoms with Crippen LogP contribution < -0.4 is 5.73 Å². The summed E-state index contributed by atoms with van der Waals surface area (Å²) in [7, 11) is 1.84. The Hall–Kier alpha value is -1.81. The number of rotatable bonds is 7. The van der Waals surface area contributed by atoms with Crippen molar-refractivity contribution in [2.45, 2.75) is 38.6 Å². The highest BCUT2D eigenvalue weighted by Gasteiger charge is 2.19. The Labute approximate surface area is 126 Å². The van der Waals surface area contributed by atoms with Gasteiger partial charge in [-0.1, -0.05) is 38.0 Å². The predicted octanol–water partition coefficient (Wildman–Crippen LogP) is 2.69. The quantitative estimate of drug-likeness (QED) is 0.769. The first-order valence-corrected chi connectivity index (χ1v) is 7.69. The molecule has 1 atom stereocenters. The van der Waals surface area contributed by atoms with Gasteiger partial charge in [0.2, 0.25) is 5.91 Å². The van der Waals surface area contributed by atoms with Crippen molar-refractivity contribution in [2.24, 2.45) is 5.73 Å². The number of nitrogens with one attached hydrogen (secondary N) is 1. The number of aromatic nitrogens is 1. The van der Waals surface area contributed by atoms with E-state index < -0.39 is 6.04 Å². The standard InChI is InChI=1S/C17H25N3O/c1-3-4-7-10-20(2)17(21)15(18)11-13-12-19-16-9-6-5-8-14(13)16/h5-6,8-9,12,15,19H,3-4,7,10-11,18H2,1-2H3/t15-/m0/s1. The molecule has 0 aliphatic carbocycles. The molecule has 1 heterocycles. The lowest BCUT2D eigenvalue weighted by atomic mass is 10.0. The van der Waals surface area contributed by atoms with Crippen LogP contribution in [0.3, 0.4) is 0 Å². The minimum Gasteiger partial charge on any atom is -0.361 e. The summed E-state index contributed by atoms with van der Waals surface area (Å²) in [6.07, 6.45) is 5.87. The SMILES string of the molecule is CCCCCN(C)C(=O)[C@@H](N)Cc1c[nH]c2ccccc12. The first-order chi connectivity index (χ1) is 10.1. The molecule has 114 valence electrons. The van der Waals surface area contributed by atoms with Crippen molar-refractivity contribution in [1.29, 1.82) is 0 Å². The number of benzene rings is 1. The van der Waals surface area contributed by atoms with Crippen molar-refractivity contribution in [2.75, 3.05) is 13.6 Å². The van der Waals surface area contributed by atoms with E-state index in [1.165, 1.54) is 0 Å². The predicted molar refractivity (Wildman–Crippen MR) is 87.1 cm³/mol. The van der Waals surface area contributed by atoms with E-state index >= 15 is 0 Å². The van der Waals surface area contributed by atoms with E-state index in [1.807, 2.05) is 31.4 Å². The van der Waals surface area contributed by atoms with Gasteiger partial charge in [-0.2, -0.15) is 0 Å². The summed E-state index contributed by atoms with van der Waals surface area (Å²) in [4.78, 5) is 17.3. The Kier molecular flexibility index (Phi) is 5.39. The zero-order valence-electron chi connectivity index (χ0n) is 12.9. The third kappa shape index (κ3) is 3.85. The molecular formula is C17H25N3O. The average Bonchev–Trinajstić information content (AvgIpc) is 2.90. The van der Waals surface area contributed by atoms with E-state index in [0.29, 0.717) is 6.42 Å². The van der Waals surface area contributed by atoms with Crippen LogP contribution in [0.2, 0.25) is 0 Å². The largest absolute Gasteiger partial charge is 0.361 e. The second kappa shape index (κ2) is 7.27. The number of fused-ring (bicyclic) bond motifs is 1. The number of H-pyrrole nitrogens is 1. The molecule has 0 bridgehead atoms. The molecule has 2 aromatic rings. The summed E-state index contributed by atoms with van der Waals surface area (Å²) in [5, 5.41) is 1.15. The molecule has 0 saturated carbocycles. The van der Waals surface area contributed by atoms with E-state index in [0.717, 1.165) is 42.3 Å². The van der Waals surface area contributed by atoms with E-state index in [4.69, 9.17) is 5.73 Å². The van der Waals surface area contributed by atoms with Crippen molar-refractivity contribution in [3.8, 4) is 0 Å². The molecule has 0 fully saturated rings. The summed E-state index contributed by atoms with van der Waals surface area (Å²) in [6.45, 7) is 2.94. The molecule has 1 aromatic carbocycles. The topological polar surface area (TPSA) is 62.1 Å². The number of carbonyl (C=O) groups is 1. The van der Waals surface area contributed by atoms with Gasteiger partial charge in [-0.25, -0.2) is 0 Å². The number of likely N-dealkylation sites (N-methyl/N-ethyl adjacent to an activating group) is 1. The Bertz CT molecular complexity index is 590. The zero-order valence-corrected chi connectivity index (χ0v) is 12.9. The maximum atomic E-state index is 12.3. The van der Waals surface area contributed by atoms with Crippen LogP contribution in [0.5, 0.6) is 0 Å². The molecule has 0 radical (unpaired) electrons. The summed E-state index contributed by atoms with van der Waals surface area (Å²) in [5.41, 5.74) is 8.29. The molecule has 3 N–H and O–H groups in total. The van der Waals surface area contributed by atoms with Gasteiger partial charge in [0, 0.05) is 30.7 Å². The Morgan fingerprint density at radius 3 is 2.86 bits per heavy atom. The minimum absolute atomic E-state index is 0.0244. The molecule has 4 heteroatoms. The van der Waals surface area contributed by atoms with E-state index in [-0.39, 0.29) is 5.91 Å². The van der Waals surface area contributed by atoms with Gasteiger partial charge in [0.1, 0.15) is 0 Å². The number of carbonyl (C=O) groups excluding carboxylic acids is 1. The van der Waals surface area contributed by atoms with Crippen LogP contribution >= 0.6 is 0 Å². The maximum absolute atomic E-state index is 12.3. The fourth-order valence-electron chi connectivity index (χ4n) is 2.62. The summed E-state index contributed by atoms with van der Waals surface area (Å²) < 4.78 is 0. The number of amides is 1. The first-order valence-electron chi connectivity index (χ1n) is 7.69. The number of nitrogens with zero attached hydrogens (tertiary/aromatic N) is 1. The lowest BCUT2D eigenvalue weighted by Crippen LogP contribution is -2.43. The lowest BCUT2D eigenvalue weighted by molar-refractivity contribution is -0.131. The highest BCUT2D eigenvalue weighted by molar-refractivity contribution is 5.86. The van der Waals surface area contributed by atoms with Crippen molar-refractivity contribution in [1.82, 2.24) is 9.88 Å². The molecule has 1 aromatic heterocycles. The van der Waals surface area contributed by atoms with Gasteiger partial charge in [0.25, 0.3) is 0 Å². The van der Waals surface area contributed by atoms with Crippen LogP contribution in [-0.4, -0.2) is 35.4 Å². The lowest BCUT2D eigenvalue weighted by Gasteiger charge is -2.21. The highest BCUT2D eigenvalue weighted by atomic mass is 16.2. The van der Waals surface area contributed by atoms with Crippen LogP contribution in [0.1, 0.15) is 31.7 Å². The van der Waals surface area contributed by atoms with E-state index in [2.05, 4.69) is 18.0 Å². The van der Waals surface area contributed by atoms with Gasteiger partial charge in [-0.3, -0.25) is 4.79 Å². The normalized spacial score (nSPS) is 12.5. The molecule has 1 amide bonds. The third-order valence-electron chi connectivity index (χ3n) is 3.91. The molecule has 0 unspecified atom stereocenters. The molecule has 0 aliphatic heterocycles. The minimum atomic E-state index is -0.476.